The molecule has 114 valence electrons. The van der Waals surface area contributed by atoms with Gasteiger partial charge in [-0.1, -0.05) is 37.3 Å². The lowest BCUT2D eigenvalue weighted by atomic mass is 10.1. The van der Waals surface area contributed by atoms with Gasteiger partial charge in [-0.3, -0.25) is 9.59 Å². The van der Waals surface area contributed by atoms with Crippen molar-refractivity contribution < 1.29 is 14.3 Å². The molecule has 0 aliphatic heterocycles. The largest absolute Gasteiger partial charge is 0.427 e. The minimum atomic E-state index is -0.292. The van der Waals surface area contributed by atoms with E-state index in [1.165, 1.54) is 5.56 Å². The number of hydrogen-bond donors (Lipinski definition) is 1. The van der Waals surface area contributed by atoms with E-state index in [1.807, 2.05) is 30.3 Å². The highest BCUT2D eigenvalue weighted by Gasteiger charge is 2.06. The van der Waals surface area contributed by atoms with Crippen LogP contribution >= 0.6 is 0 Å². The first kappa shape index (κ1) is 15.8. The molecule has 4 nitrogen and oxygen atoms in total. The molecule has 1 amide bonds. The van der Waals surface area contributed by atoms with Gasteiger partial charge in [0, 0.05) is 18.5 Å². The molecule has 0 fully saturated rings. The Hall–Kier alpha value is -2.62. The first-order valence-corrected chi connectivity index (χ1v) is 7.32. The fraction of sp³-hybridized carbons (Fsp3) is 0.222. The van der Waals surface area contributed by atoms with E-state index in [1.54, 1.807) is 31.2 Å². The molecule has 2 rings (SSSR count). The van der Waals surface area contributed by atoms with E-state index in [9.17, 15) is 9.59 Å². The second-order valence-corrected chi connectivity index (χ2v) is 4.84. The topological polar surface area (TPSA) is 55.4 Å². The Morgan fingerprint density at radius 1 is 1.00 bits per heavy atom. The lowest BCUT2D eigenvalue weighted by Crippen LogP contribution is -2.25. The van der Waals surface area contributed by atoms with Crippen LogP contribution < -0.4 is 10.1 Å². The lowest BCUT2D eigenvalue weighted by molar-refractivity contribution is -0.134. The van der Waals surface area contributed by atoms with E-state index < -0.39 is 0 Å². The summed E-state index contributed by atoms with van der Waals surface area (Å²) in [7, 11) is 0. The smallest absolute Gasteiger partial charge is 0.310 e. The molecule has 0 aliphatic carbocycles. The number of carbonyl (C=O) groups is 2. The molecule has 0 aliphatic rings. The van der Waals surface area contributed by atoms with Crippen LogP contribution in [0, 0.1) is 0 Å². The van der Waals surface area contributed by atoms with Crippen LogP contribution in [0.1, 0.15) is 29.3 Å². The number of nitrogens with one attached hydrogen (secondary N) is 1. The third kappa shape index (κ3) is 4.74. The predicted molar refractivity (Wildman–Crippen MR) is 84.8 cm³/mol. The van der Waals surface area contributed by atoms with Crippen molar-refractivity contribution in [1.82, 2.24) is 5.32 Å². The average Bonchev–Trinajstić information content (AvgIpc) is 2.56. The van der Waals surface area contributed by atoms with E-state index in [0.29, 0.717) is 24.3 Å². The van der Waals surface area contributed by atoms with Crippen molar-refractivity contribution >= 4 is 11.9 Å². The Labute approximate surface area is 130 Å². The van der Waals surface area contributed by atoms with Gasteiger partial charge in [0.2, 0.25) is 0 Å². The molecule has 1 N–H and O–H groups in total. The van der Waals surface area contributed by atoms with Gasteiger partial charge in [-0.15, -0.1) is 0 Å². The van der Waals surface area contributed by atoms with Crippen LogP contribution in [0.3, 0.4) is 0 Å². The maximum atomic E-state index is 12.0. The van der Waals surface area contributed by atoms with Crippen molar-refractivity contribution in [3.8, 4) is 5.75 Å². The summed E-state index contributed by atoms with van der Waals surface area (Å²) in [4.78, 5) is 23.2. The highest BCUT2D eigenvalue weighted by atomic mass is 16.5. The molecule has 0 spiro atoms. The van der Waals surface area contributed by atoms with Gasteiger partial charge >= 0.3 is 5.97 Å². The molecule has 2 aromatic carbocycles. The third-order valence-corrected chi connectivity index (χ3v) is 3.18. The Bertz CT molecular complexity index is 621. The van der Waals surface area contributed by atoms with Crippen molar-refractivity contribution in [2.45, 2.75) is 19.8 Å². The summed E-state index contributed by atoms with van der Waals surface area (Å²) in [5.74, 6) is 0.0250. The van der Waals surface area contributed by atoms with E-state index in [-0.39, 0.29) is 11.9 Å². The zero-order chi connectivity index (χ0) is 15.8. The Balaban J connectivity index is 1.83. The van der Waals surface area contributed by atoms with Gasteiger partial charge in [0.25, 0.3) is 5.91 Å². The molecule has 2 aromatic rings. The van der Waals surface area contributed by atoms with E-state index in [4.69, 9.17) is 4.74 Å². The molecule has 0 atom stereocenters. The second-order valence-electron chi connectivity index (χ2n) is 4.84. The summed E-state index contributed by atoms with van der Waals surface area (Å²) in [6.45, 7) is 2.31. The molecule has 4 heteroatoms. The quantitative estimate of drug-likeness (QED) is 0.659. The van der Waals surface area contributed by atoms with Crippen LogP contribution in [0.4, 0.5) is 0 Å². The molecular weight excluding hydrogens is 278 g/mol. The van der Waals surface area contributed by atoms with Gasteiger partial charge in [0.1, 0.15) is 5.75 Å². The molecule has 0 heterocycles. The normalized spacial score (nSPS) is 10.0. The summed E-state index contributed by atoms with van der Waals surface area (Å²) >= 11 is 0. The van der Waals surface area contributed by atoms with Crippen molar-refractivity contribution in [1.29, 1.82) is 0 Å². The number of ether oxygens (including phenoxy) is 1. The zero-order valence-electron chi connectivity index (χ0n) is 12.5. The molecule has 0 radical (unpaired) electrons. The van der Waals surface area contributed by atoms with Gasteiger partial charge in [-0.25, -0.2) is 0 Å². The predicted octanol–water partition coefficient (Wildman–Crippen LogP) is 2.97. The first-order chi connectivity index (χ1) is 10.7. The minimum absolute atomic E-state index is 0.135. The molecule has 22 heavy (non-hydrogen) atoms. The molecule has 0 saturated carbocycles. The maximum absolute atomic E-state index is 12.0. The monoisotopic (exact) mass is 297 g/mol. The maximum Gasteiger partial charge on any atom is 0.310 e. The van der Waals surface area contributed by atoms with Gasteiger partial charge in [-0.05, 0) is 36.2 Å². The highest BCUT2D eigenvalue weighted by molar-refractivity contribution is 5.94. The van der Waals surface area contributed by atoms with Crippen molar-refractivity contribution in [3.05, 3.63) is 65.7 Å². The second kappa shape index (κ2) is 7.98. The average molecular weight is 297 g/mol. The molecule has 0 saturated heterocycles. The van der Waals surface area contributed by atoms with Crippen LogP contribution in [0.25, 0.3) is 0 Å². The van der Waals surface area contributed by atoms with Crippen LogP contribution in [0.15, 0.2) is 54.6 Å². The van der Waals surface area contributed by atoms with Gasteiger partial charge < -0.3 is 10.1 Å². The Morgan fingerprint density at radius 3 is 2.32 bits per heavy atom. The summed E-state index contributed by atoms with van der Waals surface area (Å²) < 4.78 is 5.07. The van der Waals surface area contributed by atoms with Gasteiger partial charge in [-0.2, -0.15) is 0 Å². The van der Waals surface area contributed by atoms with E-state index >= 15 is 0 Å². The zero-order valence-corrected chi connectivity index (χ0v) is 12.5. The van der Waals surface area contributed by atoms with Crippen LogP contribution in [0.5, 0.6) is 5.75 Å². The lowest BCUT2D eigenvalue weighted by Gasteiger charge is -2.07. The fourth-order valence-electron chi connectivity index (χ4n) is 1.95. The molecular formula is C18H19NO3. The SMILES string of the molecule is CCC(=O)Oc1ccc(C(=O)NCCc2ccccc2)cc1. The number of rotatable bonds is 6. The molecule has 0 aromatic heterocycles. The number of hydrogen-bond acceptors (Lipinski definition) is 3. The van der Waals surface area contributed by atoms with Gasteiger partial charge in [0.05, 0.1) is 0 Å². The van der Waals surface area contributed by atoms with Gasteiger partial charge in [0.15, 0.2) is 0 Å². The van der Waals surface area contributed by atoms with Crippen LogP contribution in [0.2, 0.25) is 0 Å². The Kier molecular flexibility index (Phi) is 5.72. The minimum Gasteiger partial charge on any atom is -0.427 e. The number of amides is 1. The van der Waals surface area contributed by atoms with Crippen LogP contribution in [-0.2, 0) is 11.2 Å². The number of esters is 1. The first-order valence-electron chi connectivity index (χ1n) is 7.32. The van der Waals surface area contributed by atoms with E-state index in [0.717, 1.165) is 6.42 Å². The number of carbonyl (C=O) groups excluding carboxylic acids is 2. The molecule has 0 bridgehead atoms. The van der Waals surface area contributed by atoms with Crippen molar-refractivity contribution in [3.63, 3.8) is 0 Å². The Morgan fingerprint density at radius 2 is 1.68 bits per heavy atom. The van der Waals surface area contributed by atoms with Crippen LogP contribution in [-0.4, -0.2) is 18.4 Å². The standard InChI is InChI=1S/C18H19NO3/c1-2-17(20)22-16-10-8-15(9-11-16)18(21)19-13-12-14-6-4-3-5-7-14/h3-11H,2,12-13H2,1H3,(H,19,21). The summed E-state index contributed by atoms with van der Waals surface area (Å²) in [5.41, 5.74) is 1.73. The van der Waals surface area contributed by atoms with Crippen molar-refractivity contribution in [2.24, 2.45) is 0 Å². The summed E-state index contributed by atoms with van der Waals surface area (Å²) in [6.07, 6.45) is 1.11. The van der Waals surface area contributed by atoms with E-state index in [2.05, 4.69) is 5.32 Å². The molecule has 0 unspecified atom stereocenters. The highest BCUT2D eigenvalue weighted by Crippen LogP contribution is 2.13. The fourth-order valence-corrected chi connectivity index (χ4v) is 1.95. The van der Waals surface area contributed by atoms with Crippen molar-refractivity contribution in [2.75, 3.05) is 6.54 Å². The number of benzene rings is 2. The summed E-state index contributed by atoms with van der Waals surface area (Å²) in [5, 5.41) is 2.87. The third-order valence-electron chi connectivity index (χ3n) is 3.18. The summed E-state index contributed by atoms with van der Waals surface area (Å²) in [6, 6.07) is 16.5.